The lowest BCUT2D eigenvalue weighted by Gasteiger charge is -2.22. The number of nitrogens with one attached hydrogen (secondary N) is 3. The number of aliphatic carboxylic acids is 1. The molecule has 2 atom stereocenters. The number of amidine groups is 1. The van der Waals surface area contributed by atoms with Crippen LogP contribution in [0.3, 0.4) is 0 Å². The molecule has 13 nitrogen and oxygen atoms in total. The second-order valence-corrected chi connectivity index (χ2v) is 10.1. The number of likely N-dealkylation sites (tertiary alicyclic amines) is 1. The van der Waals surface area contributed by atoms with Crippen molar-refractivity contribution in [3.63, 3.8) is 0 Å². The van der Waals surface area contributed by atoms with Gasteiger partial charge in [0.1, 0.15) is 23.7 Å². The molecule has 1 aliphatic heterocycles. The van der Waals surface area contributed by atoms with Gasteiger partial charge in [0.05, 0.1) is 7.11 Å². The third-order valence-electron chi connectivity index (χ3n) is 6.75. The van der Waals surface area contributed by atoms with Crippen LogP contribution in [0.15, 0.2) is 65.6 Å². The van der Waals surface area contributed by atoms with Gasteiger partial charge in [0.2, 0.25) is 0 Å². The van der Waals surface area contributed by atoms with E-state index in [2.05, 4.69) is 25.3 Å². The maximum Gasteiger partial charge on any atom is 0.490 e. The van der Waals surface area contributed by atoms with E-state index in [0.29, 0.717) is 29.4 Å². The van der Waals surface area contributed by atoms with Crippen molar-refractivity contribution in [2.24, 2.45) is 5.73 Å². The Morgan fingerprint density at radius 2 is 1.91 bits per heavy atom. The number of carbonyl (C=O) groups is 1. The SMILES string of the molecule is COc1cc(OC2CCN(C)C2)c(F)c(C(Nc2ccc(C(=N)N)cc2)c2nn(-c3ccccn3)c(=O)[nH]2)c1.O=C(O)C(F)(F)F. The van der Waals surface area contributed by atoms with E-state index in [1.54, 1.807) is 54.7 Å². The minimum atomic E-state index is -5.08. The number of H-pyrrole nitrogens is 1. The van der Waals surface area contributed by atoms with Gasteiger partial charge in [-0.2, -0.15) is 17.9 Å². The molecule has 1 fully saturated rings. The Morgan fingerprint density at radius 1 is 1.22 bits per heavy atom. The van der Waals surface area contributed by atoms with E-state index in [1.165, 1.54) is 13.2 Å². The number of benzene rings is 2. The van der Waals surface area contributed by atoms with E-state index >= 15 is 4.39 Å². The highest BCUT2D eigenvalue weighted by molar-refractivity contribution is 5.95. The van der Waals surface area contributed by atoms with Crippen molar-refractivity contribution in [3.8, 4) is 17.3 Å². The summed E-state index contributed by atoms with van der Waals surface area (Å²) in [4.78, 5) is 30.8. The number of nitrogen functional groups attached to an aromatic ring is 1. The number of rotatable bonds is 9. The number of pyridine rings is 1. The molecule has 1 aliphatic rings. The van der Waals surface area contributed by atoms with Crippen LogP contribution in [-0.2, 0) is 4.79 Å². The standard InChI is InChI=1S/C27H29FN8O3.C2HF3O2/c1-35-12-10-18(15-35)39-21-14-19(38-2)13-20(23(21)28)24(32-17-8-6-16(7-9-17)25(29)30)26-33-27(37)36(34-26)22-5-3-4-11-31-22;3-2(4,5)1(6)7/h3-9,11,13-14,18,24,32H,10,12,15H2,1-2H3,(H3,29,30)(H,33,34,37);(H,6,7). The highest BCUT2D eigenvalue weighted by atomic mass is 19.4. The van der Waals surface area contributed by atoms with Crippen LogP contribution < -0.4 is 26.2 Å². The van der Waals surface area contributed by atoms with Gasteiger partial charge in [-0.3, -0.25) is 10.4 Å². The van der Waals surface area contributed by atoms with Gasteiger partial charge in [-0.25, -0.2) is 19.0 Å². The molecule has 3 heterocycles. The summed E-state index contributed by atoms with van der Waals surface area (Å²) in [5.74, 6) is -2.53. The van der Waals surface area contributed by atoms with E-state index < -0.39 is 29.7 Å². The summed E-state index contributed by atoms with van der Waals surface area (Å²) in [5.41, 5.74) is 6.34. The van der Waals surface area contributed by atoms with E-state index in [4.69, 9.17) is 30.5 Å². The van der Waals surface area contributed by atoms with Crippen LogP contribution in [-0.4, -0.2) is 81.1 Å². The predicted octanol–water partition coefficient (Wildman–Crippen LogP) is 3.31. The summed E-state index contributed by atoms with van der Waals surface area (Å²) < 4.78 is 60.6. The minimum Gasteiger partial charge on any atom is -0.497 e. The van der Waals surface area contributed by atoms with Crippen molar-refractivity contribution in [1.82, 2.24) is 24.6 Å². The largest absolute Gasteiger partial charge is 0.497 e. The van der Waals surface area contributed by atoms with Crippen LogP contribution in [0.1, 0.15) is 29.4 Å². The van der Waals surface area contributed by atoms with Gasteiger partial charge in [0.15, 0.2) is 23.2 Å². The fraction of sp³-hybridized carbons (Fsp3) is 0.276. The molecule has 0 saturated carbocycles. The van der Waals surface area contributed by atoms with Crippen molar-refractivity contribution < 1.29 is 36.9 Å². The number of nitrogens with zero attached hydrogens (tertiary/aromatic N) is 4. The fourth-order valence-electron chi connectivity index (χ4n) is 4.49. The van der Waals surface area contributed by atoms with Crippen LogP contribution in [0.5, 0.6) is 11.5 Å². The fourth-order valence-corrected chi connectivity index (χ4v) is 4.49. The third kappa shape index (κ3) is 8.17. The smallest absolute Gasteiger partial charge is 0.490 e. The number of hydrogen-bond donors (Lipinski definition) is 5. The third-order valence-corrected chi connectivity index (χ3v) is 6.75. The average molecular weight is 647 g/mol. The molecule has 4 aromatic rings. The van der Waals surface area contributed by atoms with Gasteiger partial charge in [-0.1, -0.05) is 6.07 Å². The van der Waals surface area contributed by atoms with E-state index in [1.807, 2.05) is 7.05 Å². The first-order valence-corrected chi connectivity index (χ1v) is 13.6. The molecule has 244 valence electrons. The minimum absolute atomic E-state index is 0.0508. The Bertz CT molecular complexity index is 1730. The Morgan fingerprint density at radius 3 is 2.46 bits per heavy atom. The van der Waals surface area contributed by atoms with Gasteiger partial charge in [-0.15, -0.1) is 5.10 Å². The molecule has 5 rings (SSSR count). The van der Waals surface area contributed by atoms with Crippen LogP contribution in [0, 0.1) is 11.2 Å². The molecule has 0 aliphatic carbocycles. The number of methoxy groups -OCH3 is 1. The van der Waals surface area contributed by atoms with Crippen molar-refractivity contribution in [1.29, 1.82) is 5.41 Å². The summed E-state index contributed by atoms with van der Waals surface area (Å²) in [7, 11) is 3.48. The molecule has 17 heteroatoms. The number of likely N-dealkylation sites (N-methyl/N-ethyl adjacent to an activating group) is 1. The van der Waals surface area contributed by atoms with E-state index in [9.17, 15) is 18.0 Å². The molecule has 0 bridgehead atoms. The molecule has 6 N–H and O–H groups in total. The second-order valence-electron chi connectivity index (χ2n) is 10.1. The van der Waals surface area contributed by atoms with Crippen LogP contribution in [0.25, 0.3) is 5.82 Å². The van der Waals surface area contributed by atoms with Crippen molar-refractivity contribution in [3.05, 3.63) is 94.0 Å². The molecule has 0 radical (unpaired) electrons. The number of carboxylic acids is 1. The molecule has 46 heavy (non-hydrogen) atoms. The zero-order chi connectivity index (χ0) is 33.6. The number of ether oxygens (including phenoxy) is 2. The number of alkyl halides is 3. The lowest BCUT2D eigenvalue weighted by molar-refractivity contribution is -0.192. The lowest BCUT2D eigenvalue weighted by atomic mass is 10.0. The Labute approximate surface area is 259 Å². The molecule has 0 spiro atoms. The summed E-state index contributed by atoms with van der Waals surface area (Å²) in [5, 5.41) is 22.5. The van der Waals surface area contributed by atoms with Crippen molar-refractivity contribution >= 4 is 17.5 Å². The van der Waals surface area contributed by atoms with Crippen molar-refractivity contribution in [2.45, 2.75) is 24.7 Å². The molecule has 2 aromatic carbocycles. The summed E-state index contributed by atoms with van der Waals surface area (Å²) in [6.45, 7) is 1.54. The Balaban J connectivity index is 0.000000617. The summed E-state index contributed by atoms with van der Waals surface area (Å²) in [6.07, 6.45) is -2.93. The number of nitrogens with two attached hydrogens (primary N) is 1. The van der Waals surface area contributed by atoms with Crippen LogP contribution in [0.4, 0.5) is 23.2 Å². The number of hydrogen-bond acceptors (Lipinski definition) is 9. The van der Waals surface area contributed by atoms with Gasteiger partial charge in [-0.05, 0) is 55.9 Å². The molecular formula is C29H30F4N8O5. The quantitative estimate of drug-likeness (QED) is 0.103. The van der Waals surface area contributed by atoms with Gasteiger partial charge >= 0.3 is 17.8 Å². The first kappa shape index (κ1) is 33.4. The van der Waals surface area contributed by atoms with Gasteiger partial charge < -0.3 is 30.5 Å². The molecule has 2 unspecified atom stereocenters. The second kappa shape index (κ2) is 14.1. The number of halogens is 4. The lowest BCUT2D eigenvalue weighted by Crippen LogP contribution is -2.23. The van der Waals surface area contributed by atoms with Gasteiger partial charge in [0, 0.05) is 42.2 Å². The predicted molar refractivity (Wildman–Crippen MR) is 158 cm³/mol. The summed E-state index contributed by atoms with van der Waals surface area (Å²) in [6, 6.07) is 14.0. The highest BCUT2D eigenvalue weighted by Crippen LogP contribution is 2.36. The monoisotopic (exact) mass is 646 g/mol. The number of carboxylic acid groups (broad SMARTS) is 1. The maximum absolute atomic E-state index is 16.2. The van der Waals surface area contributed by atoms with Gasteiger partial charge in [0.25, 0.3) is 0 Å². The molecular weight excluding hydrogens is 616 g/mol. The van der Waals surface area contributed by atoms with Crippen LogP contribution in [0.2, 0.25) is 0 Å². The molecule has 0 amide bonds. The number of aromatic nitrogens is 4. The Kier molecular flexibility index (Phi) is 10.3. The average Bonchev–Trinajstić information content (AvgIpc) is 3.62. The van der Waals surface area contributed by atoms with E-state index in [0.717, 1.165) is 17.6 Å². The Hall–Kier alpha value is -5.45. The number of anilines is 1. The van der Waals surface area contributed by atoms with E-state index in [-0.39, 0.29) is 29.1 Å². The zero-order valence-electron chi connectivity index (χ0n) is 24.5. The topological polar surface area (TPSA) is 184 Å². The normalized spacial score (nSPS) is 15.4. The number of aromatic amines is 1. The molecule has 1 saturated heterocycles. The molecule has 2 aromatic heterocycles. The zero-order valence-corrected chi connectivity index (χ0v) is 24.5. The first-order valence-electron chi connectivity index (χ1n) is 13.6. The van der Waals surface area contributed by atoms with Crippen molar-refractivity contribution in [2.75, 3.05) is 32.6 Å². The summed E-state index contributed by atoms with van der Waals surface area (Å²) >= 11 is 0. The maximum atomic E-state index is 16.2. The first-order chi connectivity index (χ1) is 21.8. The van der Waals surface area contributed by atoms with Crippen LogP contribution >= 0.6 is 0 Å². The highest BCUT2D eigenvalue weighted by Gasteiger charge is 2.38.